The first-order chi connectivity index (χ1) is 9.81. The summed E-state index contributed by atoms with van der Waals surface area (Å²) in [6.07, 6.45) is 0. The van der Waals surface area contributed by atoms with Gasteiger partial charge in [-0.1, -0.05) is 11.6 Å². The van der Waals surface area contributed by atoms with Gasteiger partial charge in [0.15, 0.2) is 17.4 Å². The SMILES string of the molecule is O=C(Nc1cc(Cl)ccc1Br)c1cc(F)c(F)c(O)c1F. The molecule has 0 saturated carbocycles. The van der Waals surface area contributed by atoms with E-state index in [0.717, 1.165) is 0 Å². The highest BCUT2D eigenvalue weighted by atomic mass is 79.9. The molecule has 0 spiro atoms. The van der Waals surface area contributed by atoms with E-state index in [1.54, 1.807) is 6.07 Å². The molecule has 0 aromatic heterocycles. The number of phenols is 1. The van der Waals surface area contributed by atoms with Crippen molar-refractivity contribution in [1.82, 2.24) is 0 Å². The van der Waals surface area contributed by atoms with Gasteiger partial charge >= 0.3 is 0 Å². The molecular formula is C13H6BrClF3NO2. The zero-order chi connectivity index (χ0) is 15.7. The van der Waals surface area contributed by atoms with E-state index in [1.165, 1.54) is 12.1 Å². The Balaban J connectivity index is 2.40. The molecule has 0 unspecified atom stereocenters. The van der Waals surface area contributed by atoms with Crippen molar-refractivity contribution in [1.29, 1.82) is 0 Å². The lowest BCUT2D eigenvalue weighted by Gasteiger charge is -2.10. The van der Waals surface area contributed by atoms with Crippen LogP contribution in [0.4, 0.5) is 18.9 Å². The number of carbonyl (C=O) groups is 1. The summed E-state index contributed by atoms with van der Waals surface area (Å²) < 4.78 is 40.2. The Bertz CT molecular complexity index is 740. The van der Waals surface area contributed by atoms with E-state index in [2.05, 4.69) is 21.2 Å². The first kappa shape index (κ1) is 15.7. The first-order valence-corrected chi connectivity index (χ1v) is 6.61. The maximum atomic E-state index is 13.6. The van der Waals surface area contributed by atoms with Crippen molar-refractivity contribution < 1.29 is 23.1 Å². The molecule has 2 aromatic rings. The van der Waals surface area contributed by atoms with Crippen LogP contribution in [0, 0.1) is 17.5 Å². The molecule has 110 valence electrons. The minimum absolute atomic E-state index is 0.205. The molecule has 0 aliphatic heterocycles. The number of anilines is 1. The van der Waals surface area contributed by atoms with Gasteiger partial charge in [-0.25, -0.2) is 8.78 Å². The number of phenolic OH excluding ortho intramolecular Hbond substituents is 1. The summed E-state index contributed by atoms with van der Waals surface area (Å²) >= 11 is 8.89. The van der Waals surface area contributed by atoms with Gasteiger partial charge in [0.05, 0.1) is 11.3 Å². The third kappa shape index (κ3) is 3.14. The number of hydrogen-bond acceptors (Lipinski definition) is 2. The molecule has 1 amide bonds. The Morgan fingerprint density at radius 2 is 1.86 bits per heavy atom. The summed E-state index contributed by atoms with van der Waals surface area (Å²) in [5, 5.41) is 11.7. The molecule has 2 rings (SSSR count). The second-order valence-electron chi connectivity index (χ2n) is 3.96. The molecule has 0 saturated heterocycles. The van der Waals surface area contributed by atoms with Gasteiger partial charge in [-0.05, 0) is 40.2 Å². The molecule has 0 bridgehead atoms. The van der Waals surface area contributed by atoms with Crippen molar-refractivity contribution in [3.63, 3.8) is 0 Å². The van der Waals surface area contributed by atoms with Crippen LogP contribution in [0.1, 0.15) is 10.4 Å². The monoisotopic (exact) mass is 379 g/mol. The quantitative estimate of drug-likeness (QED) is 0.755. The Morgan fingerprint density at radius 1 is 1.19 bits per heavy atom. The standard InChI is InChI=1S/C13H6BrClF3NO2/c14-7-2-1-5(15)3-9(7)19-13(21)6-4-8(16)11(18)12(20)10(6)17/h1-4,20H,(H,19,21). The third-order valence-corrected chi connectivity index (χ3v) is 3.48. The fourth-order valence-corrected chi connectivity index (χ4v) is 2.06. The lowest BCUT2D eigenvalue weighted by atomic mass is 10.1. The number of benzene rings is 2. The van der Waals surface area contributed by atoms with Crippen molar-refractivity contribution in [3.05, 3.63) is 56.8 Å². The average Bonchev–Trinajstić information content (AvgIpc) is 2.44. The number of rotatable bonds is 2. The van der Waals surface area contributed by atoms with Gasteiger partial charge < -0.3 is 10.4 Å². The van der Waals surface area contributed by atoms with E-state index >= 15 is 0 Å². The molecular weight excluding hydrogens is 374 g/mol. The molecule has 0 heterocycles. The largest absolute Gasteiger partial charge is 0.503 e. The van der Waals surface area contributed by atoms with Crippen LogP contribution in [0.15, 0.2) is 28.7 Å². The summed E-state index contributed by atoms with van der Waals surface area (Å²) in [7, 11) is 0. The van der Waals surface area contributed by atoms with Crippen LogP contribution in [0.25, 0.3) is 0 Å². The van der Waals surface area contributed by atoms with Gasteiger partial charge in [0, 0.05) is 9.50 Å². The molecule has 0 aliphatic carbocycles. The summed E-state index contributed by atoms with van der Waals surface area (Å²) in [4.78, 5) is 11.9. The van der Waals surface area contributed by atoms with Crippen LogP contribution in [0.3, 0.4) is 0 Å². The average molecular weight is 381 g/mol. The summed E-state index contributed by atoms with van der Waals surface area (Å²) in [5.41, 5.74) is -0.630. The van der Waals surface area contributed by atoms with Crippen LogP contribution in [-0.2, 0) is 0 Å². The highest BCUT2D eigenvalue weighted by Crippen LogP contribution is 2.29. The molecule has 2 aromatic carbocycles. The van der Waals surface area contributed by atoms with E-state index in [-0.39, 0.29) is 5.69 Å². The lowest BCUT2D eigenvalue weighted by Crippen LogP contribution is -2.15. The summed E-state index contributed by atoms with van der Waals surface area (Å²) in [6.45, 7) is 0. The first-order valence-electron chi connectivity index (χ1n) is 5.44. The van der Waals surface area contributed by atoms with Gasteiger partial charge in [0.2, 0.25) is 5.82 Å². The number of aromatic hydroxyl groups is 1. The van der Waals surface area contributed by atoms with Crippen molar-refractivity contribution in [3.8, 4) is 5.75 Å². The third-order valence-electron chi connectivity index (χ3n) is 2.55. The van der Waals surface area contributed by atoms with E-state index in [1.807, 2.05) is 0 Å². The zero-order valence-corrected chi connectivity index (χ0v) is 12.4. The number of nitrogens with one attached hydrogen (secondary N) is 1. The second kappa shape index (κ2) is 5.95. The van der Waals surface area contributed by atoms with Crippen molar-refractivity contribution in [2.24, 2.45) is 0 Å². The fraction of sp³-hybridized carbons (Fsp3) is 0. The van der Waals surface area contributed by atoms with Gasteiger partial charge in [0.25, 0.3) is 5.91 Å². The van der Waals surface area contributed by atoms with Gasteiger partial charge in [-0.2, -0.15) is 4.39 Å². The van der Waals surface area contributed by atoms with Gasteiger partial charge in [0.1, 0.15) is 0 Å². The van der Waals surface area contributed by atoms with Gasteiger partial charge in [-0.15, -0.1) is 0 Å². The fourth-order valence-electron chi connectivity index (χ4n) is 1.54. The van der Waals surface area contributed by atoms with E-state index < -0.39 is 34.7 Å². The number of halogens is 5. The van der Waals surface area contributed by atoms with Crippen LogP contribution in [0.5, 0.6) is 5.75 Å². The van der Waals surface area contributed by atoms with Crippen LogP contribution in [-0.4, -0.2) is 11.0 Å². The number of carbonyl (C=O) groups excluding carboxylic acids is 1. The Hall–Kier alpha value is -1.73. The maximum Gasteiger partial charge on any atom is 0.258 e. The maximum absolute atomic E-state index is 13.6. The van der Waals surface area contributed by atoms with Crippen molar-refractivity contribution >= 4 is 39.1 Å². The van der Waals surface area contributed by atoms with Crippen LogP contribution < -0.4 is 5.32 Å². The summed E-state index contributed by atoms with van der Waals surface area (Å²) in [6, 6.07) is 4.82. The highest BCUT2D eigenvalue weighted by Gasteiger charge is 2.22. The zero-order valence-electron chi connectivity index (χ0n) is 10.1. The highest BCUT2D eigenvalue weighted by molar-refractivity contribution is 9.10. The van der Waals surface area contributed by atoms with Crippen molar-refractivity contribution in [2.75, 3.05) is 5.32 Å². The molecule has 0 atom stereocenters. The van der Waals surface area contributed by atoms with Crippen molar-refractivity contribution in [2.45, 2.75) is 0 Å². The minimum Gasteiger partial charge on any atom is -0.503 e. The normalized spacial score (nSPS) is 10.5. The van der Waals surface area contributed by atoms with E-state index in [4.69, 9.17) is 16.7 Å². The molecule has 0 aliphatic rings. The molecule has 0 fully saturated rings. The Labute approximate surface area is 130 Å². The number of amides is 1. The molecule has 8 heteroatoms. The Kier molecular flexibility index (Phi) is 4.43. The molecule has 0 radical (unpaired) electrons. The minimum atomic E-state index is -1.76. The topological polar surface area (TPSA) is 49.3 Å². The predicted molar refractivity (Wildman–Crippen MR) is 75.1 cm³/mol. The van der Waals surface area contributed by atoms with Crippen LogP contribution in [0.2, 0.25) is 5.02 Å². The van der Waals surface area contributed by atoms with Crippen LogP contribution >= 0.6 is 27.5 Å². The molecule has 2 N–H and O–H groups in total. The number of hydrogen-bond donors (Lipinski definition) is 2. The predicted octanol–water partition coefficient (Wildman–Crippen LogP) is 4.48. The second-order valence-corrected chi connectivity index (χ2v) is 5.25. The van der Waals surface area contributed by atoms with Gasteiger partial charge in [-0.3, -0.25) is 4.79 Å². The molecule has 3 nitrogen and oxygen atoms in total. The van der Waals surface area contributed by atoms with E-state index in [9.17, 15) is 18.0 Å². The lowest BCUT2D eigenvalue weighted by molar-refractivity contribution is 0.102. The Morgan fingerprint density at radius 3 is 2.52 bits per heavy atom. The smallest absolute Gasteiger partial charge is 0.258 e. The summed E-state index contributed by atoms with van der Waals surface area (Å²) in [5.74, 6) is -7.46. The molecule has 21 heavy (non-hydrogen) atoms. The van der Waals surface area contributed by atoms with E-state index in [0.29, 0.717) is 15.6 Å².